The van der Waals surface area contributed by atoms with E-state index in [1.54, 1.807) is 11.3 Å². The van der Waals surface area contributed by atoms with Crippen molar-refractivity contribution in [1.29, 1.82) is 0 Å². The number of nitrogens with one attached hydrogen (secondary N) is 1. The Labute approximate surface area is 108 Å². The lowest BCUT2D eigenvalue weighted by atomic mass is 10.1. The molecule has 0 radical (unpaired) electrons. The van der Waals surface area contributed by atoms with Gasteiger partial charge in [0.2, 0.25) is 10.0 Å². The molecule has 98 valence electrons. The molecule has 0 aliphatic heterocycles. The van der Waals surface area contributed by atoms with Crippen LogP contribution in [0, 0.1) is 0 Å². The van der Waals surface area contributed by atoms with Gasteiger partial charge in [-0.25, -0.2) is 13.1 Å². The summed E-state index contributed by atoms with van der Waals surface area (Å²) < 4.78 is 24.9. The highest BCUT2D eigenvalue weighted by Gasteiger charge is 2.19. The van der Waals surface area contributed by atoms with Gasteiger partial charge in [0.05, 0.1) is 6.26 Å². The Morgan fingerprint density at radius 2 is 2.06 bits per heavy atom. The Balaban J connectivity index is 2.80. The lowest BCUT2D eigenvalue weighted by Gasteiger charge is -2.29. The molecule has 0 unspecified atom stereocenters. The van der Waals surface area contributed by atoms with Crippen LogP contribution in [-0.4, -0.2) is 39.2 Å². The van der Waals surface area contributed by atoms with Crippen molar-refractivity contribution in [3.05, 3.63) is 22.4 Å². The molecule has 1 heterocycles. The van der Waals surface area contributed by atoms with Crippen LogP contribution in [0.5, 0.6) is 0 Å². The zero-order valence-electron chi connectivity index (χ0n) is 10.5. The van der Waals surface area contributed by atoms with Crippen molar-refractivity contribution in [3.63, 3.8) is 0 Å². The number of nitrogens with zero attached hydrogens (tertiary/aromatic N) is 1. The van der Waals surface area contributed by atoms with Crippen molar-refractivity contribution in [2.45, 2.75) is 19.9 Å². The maximum absolute atomic E-state index is 11.2. The van der Waals surface area contributed by atoms with E-state index in [1.807, 2.05) is 5.38 Å². The third-order valence-electron chi connectivity index (χ3n) is 2.72. The summed E-state index contributed by atoms with van der Waals surface area (Å²) in [6.07, 6.45) is 1.19. The molecule has 0 bridgehead atoms. The summed E-state index contributed by atoms with van der Waals surface area (Å²) in [7, 11) is -3.13. The van der Waals surface area contributed by atoms with Gasteiger partial charge in [-0.2, -0.15) is 11.3 Å². The fourth-order valence-corrected chi connectivity index (χ4v) is 2.98. The molecule has 0 spiro atoms. The Morgan fingerprint density at radius 1 is 1.41 bits per heavy atom. The maximum Gasteiger partial charge on any atom is 0.208 e. The maximum atomic E-state index is 11.2. The first-order chi connectivity index (χ1) is 7.98. The highest BCUT2D eigenvalue weighted by atomic mass is 32.2. The third kappa shape index (κ3) is 4.75. The first kappa shape index (κ1) is 14.6. The van der Waals surface area contributed by atoms with Gasteiger partial charge in [0.25, 0.3) is 0 Å². The zero-order chi connectivity index (χ0) is 12.9. The van der Waals surface area contributed by atoms with Gasteiger partial charge in [-0.1, -0.05) is 13.8 Å². The van der Waals surface area contributed by atoms with E-state index in [2.05, 4.69) is 34.9 Å². The fourth-order valence-electron chi connectivity index (χ4n) is 1.82. The first-order valence-corrected chi connectivity index (χ1v) is 8.52. The van der Waals surface area contributed by atoms with Crippen LogP contribution in [0.25, 0.3) is 0 Å². The first-order valence-electron chi connectivity index (χ1n) is 5.68. The monoisotopic (exact) mass is 276 g/mol. The van der Waals surface area contributed by atoms with Gasteiger partial charge in [0.1, 0.15) is 0 Å². The normalized spacial score (nSPS) is 14.1. The van der Waals surface area contributed by atoms with E-state index in [0.717, 1.165) is 13.1 Å². The Bertz CT molecular complexity index is 411. The molecule has 0 saturated heterocycles. The van der Waals surface area contributed by atoms with E-state index in [1.165, 1.54) is 11.8 Å². The average molecular weight is 276 g/mol. The summed E-state index contributed by atoms with van der Waals surface area (Å²) in [6.45, 7) is 6.41. The molecular formula is C11H20N2O2S2. The molecule has 0 aromatic carbocycles. The number of hydrogen-bond acceptors (Lipinski definition) is 4. The summed E-state index contributed by atoms with van der Waals surface area (Å²) in [6, 6.07) is 2.17. The molecule has 1 aromatic heterocycles. The summed E-state index contributed by atoms with van der Waals surface area (Å²) in [5.74, 6) is 0. The van der Waals surface area contributed by atoms with Gasteiger partial charge in [0, 0.05) is 12.6 Å². The topological polar surface area (TPSA) is 49.4 Å². The number of thiophene rings is 1. The minimum absolute atomic E-state index is 0.117. The van der Waals surface area contributed by atoms with Crippen LogP contribution in [-0.2, 0) is 10.0 Å². The standard InChI is InChI=1S/C11H20N2O2S2/c1-4-13(5-2)11(8-12-17(3,14)15)10-6-7-16-9-10/h6-7,9,11-12H,4-5,8H2,1-3H3/t11-/m1/s1. The van der Waals surface area contributed by atoms with E-state index in [4.69, 9.17) is 0 Å². The van der Waals surface area contributed by atoms with E-state index >= 15 is 0 Å². The second-order valence-corrected chi connectivity index (χ2v) is 6.53. The molecule has 0 fully saturated rings. The van der Waals surface area contributed by atoms with Crippen molar-refractivity contribution in [3.8, 4) is 0 Å². The quantitative estimate of drug-likeness (QED) is 0.824. The second-order valence-electron chi connectivity index (χ2n) is 3.91. The highest BCUT2D eigenvalue weighted by Crippen LogP contribution is 2.22. The molecule has 1 rings (SSSR count). The molecule has 0 aliphatic carbocycles. The van der Waals surface area contributed by atoms with Crippen LogP contribution >= 0.6 is 11.3 Å². The zero-order valence-corrected chi connectivity index (χ0v) is 12.1. The van der Waals surface area contributed by atoms with Gasteiger partial charge in [-0.05, 0) is 35.5 Å². The van der Waals surface area contributed by atoms with E-state index in [-0.39, 0.29) is 6.04 Å². The lowest BCUT2D eigenvalue weighted by Crippen LogP contribution is -2.37. The van der Waals surface area contributed by atoms with Crippen LogP contribution in [0.3, 0.4) is 0 Å². The lowest BCUT2D eigenvalue weighted by molar-refractivity contribution is 0.220. The largest absolute Gasteiger partial charge is 0.296 e. The summed E-state index contributed by atoms with van der Waals surface area (Å²) in [5, 5.41) is 4.10. The van der Waals surface area contributed by atoms with Crippen molar-refractivity contribution in [2.75, 3.05) is 25.9 Å². The smallest absolute Gasteiger partial charge is 0.208 e. The van der Waals surface area contributed by atoms with Crippen molar-refractivity contribution >= 4 is 21.4 Å². The molecule has 4 nitrogen and oxygen atoms in total. The fraction of sp³-hybridized carbons (Fsp3) is 0.636. The Kier molecular flexibility index (Phi) is 5.58. The Morgan fingerprint density at radius 3 is 2.47 bits per heavy atom. The molecule has 0 aliphatic rings. The third-order valence-corrected chi connectivity index (χ3v) is 4.11. The van der Waals surface area contributed by atoms with Crippen molar-refractivity contribution < 1.29 is 8.42 Å². The summed E-state index contributed by atoms with van der Waals surface area (Å²) in [5.41, 5.74) is 1.18. The van der Waals surface area contributed by atoms with Gasteiger partial charge >= 0.3 is 0 Å². The van der Waals surface area contributed by atoms with Crippen LogP contribution in [0.15, 0.2) is 16.8 Å². The van der Waals surface area contributed by atoms with Gasteiger partial charge in [0.15, 0.2) is 0 Å². The molecule has 0 amide bonds. The van der Waals surface area contributed by atoms with Gasteiger partial charge in [-0.15, -0.1) is 0 Å². The van der Waals surface area contributed by atoms with Crippen molar-refractivity contribution in [2.24, 2.45) is 0 Å². The summed E-state index contributed by atoms with van der Waals surface area (Å²) >= 11 is 1.64. The molecule has 1 aromatic rings. The van der Waals surface area contributed by atoms with E-state index in [9.17, 15) is 8.42 Å². The average Bonchev–Trinajstić information content (AvgIpc) is 2.76. The SMILES string of the molecule is CCN(CC)[C@H](CNS(C)(=O)=O)c1ccsc1. The molecular weight excluding hydrogens is 256 g/mol. The Hall–Kier alpha value is -0.430. The second kappa shape index (κ2) is 6.49. The van der Waals surface area contributed by atoms with Crippen molar-refractivity contribution in [1.82, 2.24) is 9.62 Å². The number of rotatable bonds is 7. The molecule has 1 atom stereocenters. The molecule has 17 heavy (non-hydrogen) atoms. The number of sulfonamides is 1. The predicted molar refractivity (Wildman–Crippen MR) is 72.8 cm³/mol. The molecule has 0 saturated carbocycles. The molecule has 1 N–H and O–H groups in total. The van der Waals surface area contributed by atoms with Crippen LogP contribution in [0.4, 0.5) is 0 Å². The highest BCUT2D eigenvalue weighted by molar-refractivity contribution is 7.88. The number of likely N-dealkylation sites (N-methyl/N-ethyl adjacent to an activating group) is 1. The summed E-state index contributed by atoms with van der Waals surface area (Å²) in [4.78, 5) is 2.25. The number of hydrogen-bond donors (Lipinski definition) is 1. The van der Waals surface area contributed by atoms with Crippen LogP contribution in [0.2, 0.25) is 0 Å². The van der Waals surface area contributed by atoms with E-state index < -0.39 is 10.0 Å². The van der Waals surface area contributed by atoms with Gasteiger partial charge < -0.3 is 0 Å². The molecule has 6 heteroatoms. The minimum Gasteiger partial charge on any atom is -0.296 e. The van der Waals surface area contributed by atoms with Crippen LogP contribution in [0.1, 0.15) is 25.5 Å². The van der Waals surface area contributed by atoms with Crippen LogP contribution < -0.4 is 4.72 Å². The van der Waals surface area contributed by atoms with E-state index in [0.29, 0.717) is 6.54 Å². The predicted octanol–water partition coefficient (Wildman–Crippen LogP) is 1.68. The van der Waals surface area contributed by atoms with Gasteiger partial charge in [-0.3, -0.25) is 4.90 Å². The minimum atomic E-state index is -3.13.